The monoisotopic (exact) mass is 241 g/mol. The van der Waals surface area contributed by atoms with Crippen molar-refractivity contribution in [1.82, 2.24) is 5.32 Å². The van der Waals surface area contributed by atoms with E-state index < -0.39 is 12.0 Å². The molecule has 3 rings (SSSR count). The minimum atomic E-state index is -0.808. The van der Waals surface area contributed by atoms with Gasteiger partial charge in [-0.05, 0) is 35.2 Å². The van der Waals surface area contributed by atoms with Gasteiger partial charge in [-0.15, -0.1) is 0 Å². The Morgan fingerprint density at radius 1 is 1.17 bits per heavy atom. The van der Waals surface area contributed by atoms with Gasteiger partial charge in [-0.3, -0.25) is 10.1 Å². The molecule has 0 aliphatic heterocycles. The predicted octanol–water partition coefficient (Wildman–Crippen LogP) is 2.72. The van der Waals surface area contributed by atoms with Crippen LogP contribution in [0.15, 0.2) is 42.5 Å². The van der Waals surface area contributed by atoms with Crippen LogP contribution >= 0.6 is 0 Å². The van der Waals surface area contributed by atoms with Crippen molar-refractivity contribution in [1.29, 1.82) is 0 Å². The minimum absolute atomic E-state index is 0.373. The Morgan fingerprint density at radius 2 is 1.89 bits per heavy atom. The maximum atomic E-state index is 11.3. The van der Waals surface area contributed by atoms with Gasteiger partial charge in [0.05, 0.1) is 0 Å². The highest BCUT2D eigenvalue weighted by molar-refractivity contribution is 5.85. The van der Waals surface area contributed by atoms with E-state index in [0.717, 1.165) is 29.2 Å². The van der Waals surface area contributed by atoms with Gasteiger partial charge in [0.25, 0.3) is 0 Å². The summed E-state index contributed by atoms with van der Waals surface area (Å²) in [6, 6.07) is 13.6. The van der Waals surface area contributed by atoms with Gasteiger partial charge in [0.15, 0.2) is 0 Å². The maximum Gasteiger partial charge on any atom is 0.325 e. The molecule has 1 unspecified atom stereocenters. The largest absolute Gasteiger partial charge is 0.480 e. The Labute approximate surface area is 105 Å². The molecule has 0 radical (unpaired) electrons. The lowest BCUT2D eigenvalue weighted by Crippen LogP contribution is -2.30. The molecule has 0 spiro atoms. The first-order valence-corrected chi connectivity index (χ1v) is 6.21. The quantitative estimate of drug-likeness (QED) is 0.865. The van der Waals surface area contributed by atoms with Crippen LogP contribution in [0.4, 0.5) is 0 Å². The number of fused-ring (bicyclic) bond motifs is 1. The summed E-state index contributed by atoms with van der Waals surface area (Å²) in [6.07, 6.45) is 2.16. The number of benzene rings is 2. The van der Waals surface area contributed by atoms with Crippen molar-refractivity contribution in [3.63, 3.8) is 0 Å². The fraction of sp³-hybridized carbons (Fsp3) is 0.267. The molecule has 2 aromatic rings. The van der Waals surface area contributed by atoms with Gasteiger partial charge in [-0.2, -0.15) is 0 Å². The molecule has 2 aromatic carbocycles. The van der Waals surface area contributed by atoms with E-state index in [-0.39, 0.29) is 0 Å². The molecule has 92 valence electrons. The Hall–Kier alpha value is -1.87. The number of aliphatic carboxylic acids is 1. The van der Waals surface area contributed by atoms with Crippen molar-refractivity contribution >= 4 is 16.7 Å². The van der Waals surface area contributed by atoms with Crippen LogP contribution in [0.1, 0.15) is 24.4 Å². The summed E-state index contributed by atoms with van der Waals surface area (Å²) in [6.45, 7) is 0. The molecule has 1 atom stereocenters. The fourth-order valence-corrected chi connectivity index (χ4v) is 2.18. The maximum absolute atomic E-state index is 11.3. The summed E-state index contributed by atoms with van der Waals surface area (Å²) < 4.78 is 0. The fourth-order valence-electron chi connectivity index (χ4n) is 2.18. The number of carboxylic acid groups (broad SMARTS) is 1. The number of hydrogen-bond acceptors (Lipinski definition) is 2. The first-order valence-electron chi connectivity index (χ1n) is 6.21. The average Bonchev–Trinajstić information content (AvgIpc) is 3.19. The van der Waals surface area contributed by atoms with Gasteiger partial charge >= 0.3 is 5.97 Å². The van der Waals surface area contributed by atoms with Gasteiger partial charge in [0.2, 0.25) is 0 Å². The standard InChI is InChI=1S/C15H15NO2/c17-15(18)14(16-13-7-8-13)12-6-5-10-3-1-2-4-11(10)9-12/h1-6,9,13-14,16H,7-8H2,(H,17,18). The molecule has 1 fully saturated rings. The van der Waals surface area contributed by atoms with Crippen LogP contribution in [0.3, 0.4) is 0 Å². The smallest absolute Gasteiger partial charge is 0.325 e. The van der Waals surface area contributed by atoms with E-state index in [1.54, 1.807) is 0 Å². The van der Waals surface area contributed by atoms with Crippen LogP contribution in [0.2, 0.25) is 0 Å². The van der Waals surface area contributed by atoms with Gasteiger partial charge < -0.3 is 5.11 Å². The summed E-state index contributed by atoms with van der Waals surface area (Å²) in [5.74, 6) is -0.808. The molecule has 1 aliphatic rings. The van der Waals surface area contributed by atoms with Crippen molar-refractivity contribution in [3.05, 3.63) is 48.0 Å². The van der Waals surface area contributed by atoms with Crippen LogP contribution < -0.4 is 5.32 Å². The molecule has 0 saturated heterocycles. The molecule has 18 heavy (non-hydrogen) atoms. The van der Waals surface area contributed by atoms with Gasteiger partial charge in [-0.25, -0.2) is 0 Å². The summed E-state index contributed by atoms with van der Waals surface area (Å²) in [5, 5.41) is 14.7. The van der Waals surface area contributed by atoms with Crippen molar-refractivity contribution in [2.75, 3.05) is 0 Å². The Morgan fingerprint density at radius 3 is 2.56 bits per heavy atom. The van der Waals surface area contributed by atoms with Crippen molar-refractivity contribution in [2.24, 2.45) is 0 Å². The third kappa shape index (κ3) is 2.22. The van der Waals surface area contributed by atoms with E-state index in [1.165, 1.54) is 0 Å². The summed E-state index contributed by atoms with van der Waals surface area (Å²) >= 11 is 0. The van der Waals surface area contributed by atoms with E-state index in [0.29, 0.717) is 6.04 Å². The first-order chi connectivity index (χ1) is 8.74. The summed E-state index contributed by atoms with van der Waals surface area (Å²) in [7, 11) is 0. The Balaban J connectivity index is 1.97. The molecule has 3 nitrogen and oxygen atoms in total. The molecule has 3 heteroatoms. The molecule has 1 aliphatic carbocycles. The second-order valence-electron chi connectivity index (χ2n) is 4.82. The highest BCUT2D eigenvalue weighted by Gasteiger charge is 2.29. The van der Waals surface area contributed by atoms with Gasteiger partial charge in [-0.1, -0.05) is 36.4 Å². The van der Waals surface area contributed by atoms with E-state index >= 15 is 0 Å². The number of carbonyl (C=O) groups is 1. The van der Waals surface area contributed by atoms with Crippen LogP contribution in [0.5, 0.6) is 0 Å². The second-order valence-corrected chi connectivity index (χ2v) is 4.82. The minimum Gasteiger partial charge on any atom is -0.480 e. The summed E-state index contributed by atoms with van der Waals surface area (Å²) in [5.41, 5.74) is 0.827. The molecule has 1 saturated carbocycles. The third-order valence-electron chi connectivity index (χ3n) is 3.33. The molecule has 0 amide bonds. The van der Waals surface area contributed by atoms with E-state index in [2.05, 4.69) is 5.32 Å². The number of hydrogen-bond donors (Lipinski definition) is 2. The average molecular weight is 241 g/mol. The van der Waals surface area contributed by atoms with Gasteiger partial charge in [0, 0.05) is 6.04 Å². The molecular weight excluding hydrogens is 226 g/mol. The van der Waals surface area contributed by atoms with Crippen LogP contribution in [0, 0.1) is 0 Å². The molecule has 0 bridgehead atoms. The zero-order valence-electron chi connectivity index (χ0n) is 9.97. The van der Waals surface area contributed by atoms with Crippen LogP contribution in [0.25, 0.3) is 10.8 Å². The molecular formula is C15H15NO2. The Kier molecular flexibility index (Phi) is 2.76. The lowest BCUT2D eigenvalue weighted by atomic mass is 10.0. The van der Waals surface area contributed by atoms with Crippen molar-refractivity contribution in [3.8, 4) is 0 Å². The second kappa shape index (κ2) is 4.42. The highest BCUT2D eigenvalue weighted by Crippen LogP contribution is 2.26. The number of nitrogens with one attached hydrogen (secondary N) is 1. The van der Waals surface area contributed by atoms with Crippen molar-refractivity contribution in [2.45, 2.75) is 24.9 Å². The Bertz CT molecular complexity index is 590. The summed E-state index contributed by atoms with van der Waals surface area (Å²) in [4.78, 5) is 11.3. The zero-order valence-corrected chi connectivity index (χ0v) is 9.97. The van der Waals surface area contributed by atoms with E-state index in [1.807, 2.05) is 42.5 Å². The molecule has 0 aromatic heterocycles. The molecule has 0 heterocycles. The lowest BCUT2D eigenvalue weighted by Gasteiger charge is -2.15. The van der Waals surface area contributed by atoms with E-state index in [9.17, 15) is 9.90 Å². The SMILES string of the molecule is O=C(O)C(NC1CC1)c1ccc2ccccc2c1. The predicted molar refractivity (Wildman–Crippen MR) is 70.5 cm³/mol. The zero-order chi connectivity index (χ0) is 12.5. The van der Waals surface area contributed by atoms with Crippen molar-refractivity contribution < 1.29 is 9.90 Å². The molecule has 2 N–H and O–H groups in total. The van der Waals surface area contributed by atoms with Gasteiger partial charge in [0.1, 0.15) is 6.04 Å². The third-order valence-corrected chi connectivity index (χ3v) is 3.33. The topological polar surface area (TPSA) is 49.3 Å². The van der Waals surface area contributed by atoms with Crippen LogP contribution in [-0.2, 0) is 4.79 Å². The van der Waals surface area contributed by atoms with Crippen LogP contribution in [-0.4, -0.2) is 17.1 Å². The normalized spacial score (nSPS) is 16.7. The van der Waals surface area contributed by atoms with E-state index in [4.69, 9.17) is 0 Å². The lowest BCUT2D eigenvalue weighted by molar-refractivity contribution is -0.139. The number of rotatable bonds is 4. The number of carboxylic acids is 1. The first kappa shape index (κ1) is 11.2. The highest BCUT2D eigenvalue weighted by atomic mass is 16.4.